The molecule has 0 bridgehead atoms. The summed E-state index contributed by atoms with van der Waals surface area (Å²) in [5.41, 5.74) is 5.07. The van der Waals surface area contributed by atoms with Crippen LogP contribution in [-0.2, 0) is 6.42 Å². The highest BCUT2D eigenvalue weighted by atomic mass is 16.3. The van der Waals surface area contributed by atoms with E-state index in [4.69, 9.17) is 6.42 Å². The molecule has 7 aliphatic carbocycles. The van der Waals surface area contributed by atoms with Gasteiger partial charge in [-0.2, -0.15) is 0 Å². The van der Waals surface area contributed by atoms with E-state index >= 15 is 0 Å². The highest BCUT2D eigenvalue weighted by Crippen LogP contribution is 2.67. The summed E-state index contributed by atoms with van der Waals surface area (Å²) in [5, 5.41) is 31.2. The van der Waals surface area contributed by atoms with Gasteiger partial charge in [-0.05, 0) is 166 Å². The first-order chi connectivity index (χ1) is 20.7. The number of fused-ring (bicyclic) bond motifs is 10. The van der Waals surface area contributed by atoms with Gasteiger partial charge in [0.2, 0.25) is 0 Å². The van der Waals surface area contributed by atoms with Crippen molar-refractivity contribution in [3.8, 4) is 18.1 Å². The zero-order chi connectivity index (χ0) is 30.1. The number of rotatable bonds is 1. The van der Waals surface area contributed by atoms with Gasteiger partial charge in [0, 0.05) is 5.41 Å². The van der Waals surface area contributed by atoms with E-state index in [1.54, 1.807) is 5.57 Å². The van der Waals surface area contributed by atoms with Crippen molar-refractivity contribution in [1.29, 1.82) is 0 Å². The number of hydrogen-bond donors (Lipinski definition) is 3. The number of terminal acetylenes is 1. The number of aryl methyl sites for hydroxylation is 1. The molecule has 0 aliphatic heterocycles. The van der Waals surface area contributed by atoms with Gasteiger partial charge in [0.05, 0.1) is 6.10 Å². The zero-order valence-electron chi connectivity index (χ0n) is 26.7. The van der Waals surface area contributed by atoms with Crippen molar-refractivity contribution in [2.75, 3.05) is 0 Å². The molecular formula is C40H54O3. The van der Waals surface area contributed by atoms with E-state index in [0.29, 0.717) is 35.3 Å². The predicted molar refractivity (Wildman–Crippen MR) is 173 cm³/mol. The Morgan fingerprint density at radius 1 is 0.977 bits per heavy atom. The molecule has 0 heterocycles. The molecule has 0 radical (unpaired) electrons. The van der Waals surface area contributed by atoms with Crippen molar-refractivity contribution in [2.45, 2.75) is 128 Å². The largest absolute Gasteiger partial charge is 0.508 e. The van der Waals surface area contributed by atoms with Gasteiger partial charge in [-0.1, -0.05) is 49.6 Å². The number of aromatic hydroxyl groups is 1. The van der Waals surface area contributed by atoms with E-state index in [0.717, 1.165) is 56.8 Å². The topological polar surface area (TPSA) is 60.7 Å². The number of allylic oxidation sites excluding steroid dienone is 3. The molecule has 3 heteroatoms. The van der Waals surface area contributed by atoms with Crippen LogP contribution < -0.4 is 0 Å². The summed E-state index contributed by atoms with van der Waals surface area (Å²) >= 11 is 0. The van der Waals surface area contributed by atoms with Crippen LogP contribution in [0.15, 0.2) is 42.0 Å². The maximum Gasteiger partial charge on any atom is 0.131 e. The van der Waals surface area contributed by atoms with Gasteiger partial charge in [0.25, 0.3) is 0 Å². The molecule has 232 valence electrons. The van der Waals surface area contributed by atoms with E-state index < -0.39 is 5.60 Å². The van der Waals surface area contributed by atoms with Crippen molar-refractivity contribution >= 4 is 0 Å². The first kappa shape index (κ1) is 29.7. The lowest BCUT2D eigenvalue weighted by Crippen LogP contribution is -2.54. The Balaban J connectivity index is 0.000000141. The summed E-state index contributed by atoms with van der Waals surface area (Å²) in [6.45, 7) is 9.08. The third kappa shape index (κ3) is 4.36. The SMILES string of the molecule is C#C[C@]1(O)CC[C@H]2[C@@H]3CCC4=CCCC[C@@H]4[C@H]3C(=C)C[C@@]21CC.C[C@]12CC[C@@H]3c4ccc(O)cc4CC[C@H]3[C@@H]1CC[C@@H]2O. The van der Waals surface area contributed by atoms with Crippen LogP contribution in [0.1, 0.15) is 121 Å². The highest BCUT2D eigenvalue weighted by molar-refractivity contribution is 5.40. The molecule has 0 saturated heterocycles. The minimum atomic E-state index is -0.914. The normalized spacial score (nSPS) is 45.9. The molecule has 5 fully saturated rings. The molecule has 1 aromatic rings. The van der Waals surface area contributed by atoms with E-state index in [2.05, 4.69) is 38.5 Å². The Morgan fingerprint density at radius 3 is 2.58 bits per heavy atom. The van der Waals surface area contributed by atoms with E-state index in [-0.39, 0.29) is 16.9 Å². The second-order valence-electron chi connectivity index (χ2n) is 16.0. The van der Waals surface area contributed by atoms with Crippen LogP contribution in [0.3, 0.4) is 0 Å². The summed E-state index contributed by atoms with van der Waals surface area (Å²) in [6.07, 6.45) is 25.4. The molecule has 11 atom stereocenters. The van der Waals surface area contributed by atoms with Crippen LogP contribution in [0.4, 0.5) is 0 Å². The molecule has 5 saturated carbocycles. The average molecular weight is 583 g/mol. The van der Waals surface area contributed by atoms with Crippen molar-refractivity contribution in [3.05, 3.63) is 53.1 Å². The number of aliphatic hydroxyl groups excluding tert-OH is 1. The summed E-state index contributed by atoms with van der Waals surface area (Å²) in [7, 11) is 0. The first-order valence-corrected chi connectivity index (χ1v) is 17.7. The fourth-order valence-corrected chi connectivity index (χ4v) is 12.6. The number of aliphatic hydroxyl groups is 2. The van der Waals surface area contributed by atoms with Gasteiger partial charge < -0.3 is 15.3 Å². The van der Waals surface area contributed by atoms with Crippen molar-refractivity contribution in [3.63, 3.8) is 0 Å². The molecular weight excluding hydrogens is 528 g/mol. The molecule has 0 unspecified atom stereocenters. The van der Waals surface area contributed by atoms with Gasteiger partial charge in [0.1, 0.15) is 11.4 Å². The molecule has 3 nitrogen and oxygen atoms in total. The minimum absolute atomic E-state index is 0.0883. The lowest BCUT2D eigenvalue weighted by molar-refractivity contribution is -0.0788. The Kier molecular flexibility index (Phi) is 7.46. The molecule has 1 aromatic carbocycles. The zero-order valence-corrected chi connectivity index (χ0v) is 26.7. The van der Waals surface area contributed by atoms with Crippen molar-refractivity contribution in [1.82, 2.24) is 0 Å². The number of benzene rings is 1. The average Bonchev–Trinajstić information content (AvgIpc) is 3.50. The van der Waals surface area contributed by atoms with Gasteiger partial charge >= 0.3 is 0 Å². The Labute approximate surface area is 260 Å². The van der Waals surface area contributed by atoms with Crippen LogP contribution in [0, 0.1) is 58.7 Å². The maximum atomic E-state index is 11.2. The van der Waals surface area contributed by atoms with Crippen molar-refractivity contribution < 1.29 is 15.3 Å². The van der Waals surface area contributed by atoms with Crippen LogP contribution >= 0.6 is 0 Å². The van der Waals surface area contributed by atoms with Gasteiger partial charge in [0.15, 0.2) is 0 Å². The van der Waals surface area contributed by atoms with E-state index in [1.165, 1.54) is 68.1 Å². The predicted octanol–water partition coefficient (Wildman–Crippen LogP) is 8.48. The molecule has 8 rings (SSSR count). The molecule has 0 amide bonds. The molecule has 0 spiro atoms. The number of phenols is 1. The lowest BCUT2D eigenvalue weighted by atomic mass is 9.48. The van der Waals surface area contributed by atoms with Crippen LogP contribution in [0.2, 0.25) is 0 Å². The second kappa shape index (κ2) is 10.8. The maximum absolute atomic E-state index is 11.2. The summed E-state index contributed by atoms with van der Waals surface area (Å²) in [5.74, 6) is 7.97. The van der Waals surface area contributed by atoms with Crippen molar-refractivity contribution in [2.24, 2.45) is 46.3 Å². The Morgan fingerprint density at radius 2 is 1.79 bits per heavy atom. The lowest BCUT2D eigenvalue weighted by Gasteiger charge is -2.56. The Hall–Kier alpha value is -2.02. The molecule has 3 N–H and O–H groups in total. The second-order valence-corrected chi connectivity index (χ2v) is 16.0. The first-order valence-electron chi connectivity index (χ1n) is 17.7. The molecule has 7 aliphatic rings. The molecule has 0 aromatic heterocycles. The van der Waals surface area contributed by atoms with Crippen LogP contribution in [0.25, 0.3) is 0 Å². The summed E-state index contributed by atoms with van der Waals surface area (Å²) in [6, 6.07) is 5.96. The third-order valence-electron chi connectivity index (χ3n) is 14.7. The van der Waals surface area contributed by atoms with E-state index in [1.807, 2.05) is 12.1 Å². The van der Waals surface area contributed by atoms with Gasteiger partial charge in [-0.25, -0.2) is 0 Å². The summed E-state index contributed by atoms with van der Waals surface area (Å²) < 4.78 is 0. The number of phenolic OH excluding ortho intramolecular Hbond substituents is 1. The van der Waals surface area contributed by atoms with Crippen LogP contribution in [-0.4, -0.2) is 27.0 Å². The fraction of sp³-hybridized carbons (Fsp3) is 0.700. The molecule has 43 heavy (non-hydrogen) atoms. The van der Waals surface area contributed by atoms with Crippen LogP contribution in [0.5, 0.6) is 5.75 Å². The quantitative estimate of drug-likeness (QED) is 0.230. The highest BCUT2D eigenvalue weighted by Gasteiger charge is 2.64. The smallest absolute Gasteiger partial charge is 0.131 e. The fourth-order valence-electron chi connectivity index (χ4n) is 12.6. The Bertz CT molecular complexity index is 1340. The minimum Gasteiger partial charge on any atom is -0.508 e. The standard InChI is InChI=1S/C22H30O.C18H24O2/c1-4-21-14-15(3)20-17-9-7-6-8-16(17)10-11-18(20)19(21)12-13-22(21,23)5-2;1-18-9-8-14-13-5-3-12(19)10-11(13)2-4-15(14)16(18)6-7-17(18)20/h2,8,17-20,23H,3-4,6-7,9-14H2,1H3;3,5,10,14-17,19-20H,2,4,6-9H2,1H3/t17-,18-,19-,20+,21-,22-;14-,15-,16+,17+,18+/m01/s1. The summed E-state index contributed by atoms with van der Waals surface area (Å²) in [4.78, 5) is 0. The number of hydrogen-bond acceptors (Lipinski definition) is 3. The van der Waals surface area contributed by atoms with Gasteiger partial charge in [-0.15, -0.1) is 6.42 Å². The third-order valence-corrected chi connectivity index (χ3v) is 14.7. The monoisotopic (exact) mass is 582 g/mol. The van der Waals surface area contributed by atoms with Gasteiger partial charge in [-0.3, -0.25) is 0 Å². The van der Waals surface area contributed by atoms with E-state index in [9.17, 15) is 15.3 Å².